The highest BCUT2D eigenvalue weighted by molar-refractivity contribution is 6.31. The van der Waals surface area contributed by atoms with Gasteiger partial charge in [0.05, 0.1) is 10.5 Å². The maximum atomic E-state index is 13.5. The van der Waals surface area contributed by atoms with E-state index in [4.69, 9.17) is 16.4 Å². The monoisotopic (exact) mass is 526 g/mol. The average molecular weight is 527 g/mol. The zero-order valence-corrected chi connectivity index (χ0v) is 23.5. The van der Waals surface area contributed by atoms with E-state index in [1.807, 2.05) is 20.6 Å². The molecular formula is C30H40ClFN4O. The van der Waals surface area contributed by atoms with E-state index in [0.717, 1.165) is 17.3 Å². The molecule has 1 aliphatic heterocycles. The number of aromatic nitrogens is 2. The summed E-state index contributed by atoms with van der Waals surface area (Å²) in [5, 5.41) is 4.34. The van der Waals surface area contributed by atoms with Gasteiger partial charge in [0.2, 0.25) is 0 Å². The summed E-state index contributed by atoms with van der Waals surface area (Å²) in [6, 6.07) is 8.95. The van der Waals surface area contributed by atoms with E-state index in [1.54, 1.807) is 25.4 Å². The van der Waals surface area contributed by atoms with E-state index in [9.17, 15) is 4.39 Å². The van der Waals surface area contributed by atoms with Crippen LogP contribution < -0.4 is 5.32 Å². The van der Waals surface area contributed by atoms with Gasteiger partial charge in [-0.25, -0.2) is 14.4 Å². The van der Waals surface area contributed by atoms with Gasteiger partial charge in [-0.15, -0.1) is 12.3 Å². The number of terminal acetylenes is 1. The van der Waals surface area contributed by atoms with Crippen LogP contribution in [-0.2, 0) is 11.2 Å². The summed E-state index contributed by atoms with van der Waals surface area (Å²) in [4.78, 5) is 19.5. The Morgan fingerprint density at radius 3 is 2.43 bits per heavy atom. The van der Waals surface area contributed by atoms with Crippen LogP contribution in [0.25, 0.3) is 10.9 Å². The van der Waals surface area contributed by atoms with Gasteiger partial charge in [-0.1, -0.05) is 32.4 Å². The summed E-state index contributed by atoms with van der Waals surface area (Å²) >= 11 is 5.93. The van der Waals surface area contributed by atoms with Crippen LogP contribution in [0.2, 0.25) is 5.02 Å². The molecule has 0 amide bonds. The minimum absolute atomic E-state index is 0.0873. The zero-order valence-electron chi connectivity index (χ0n) is 22.8. The number of hydrogen-bond donors (Lipinski definition) is 1. The lowest BCUT2D eigenvalue weighted by atomic mass is 9.88. The van der Waals surface area contributed by atoms with Crippen LogP contribution in [0.3, 0.4) is 0 Å². The smallest absolute Gasteiger partial charge is 0.141 e. The molecule has 2 heterocycles. The molecule has 2 aromatic carbocycles. The number of likely N-dealkylation sites (tertiary alicyclic amines) is 1. The fourth-order valence-corrected chi connectivity index (χ4v) is 4.50. The summed E-state index contributed by atoms with van der Waals surface area (Å²) in [5.41, 5.74) is 4.23. The third kappa shape index (κ3) is 9.76. The Bertz CT molecular complexity index is 1140. The fraction of sp³-hybridized carbons (Fsp3) is 0.433. The van der Waals surface area contributed by atoms with Crippen molar-refractivity contribution >= 4 is 40.8 Å². The molecule has 7 heteroatoms. The van der Waals surface area contributed by atoms with E-state index < -0.39 is 5.82 Å². The van der Waals surface area contributed by atoms with Crippen molar-refractivity contribution in [1.29, 1.82) is 0 Å². The number of hydrogen-bond acceptors (Lipinski definition) is 5. The van der Waals surface area contributed by atoms with Crippen LogP contribution in [0, 0.1) is 31.0 Å². The zero-order chi connectivity index (χ0) is 27.8. The Labute approximate surface area is 226 Å². The van der Waals surface area contributed by atoms with Crippen molar-refractivity contribution in [3.05, 3.63) is 58.6 Å². The summed E-state index contributed by atoms with van der Waals surface area (Å²) < 4.78 is 13.5. The molecular weight excluding hydrogens is 487 g/mol. The van der Waals surface area contributed by atoms with Crippen LogP contribution in [0.1, 0.15) is 58.1 Å². The Morgan fingerprint density at radius 2 is 1.84 bits per heavy atom. The number of aryl methyl sites for hydroxylation is 1. The highest BCUT2D eigenvalue weighted by Crippen LogP contribution is 2.30. The molecule has 0 atom stereocenters. The molecule has 4 rings (SSSR count). The summed E-state index contributed by atoms with van der Waals surface area (Å²) in [5.74, 6) is 3.24. The lowest BCUT2D eigenvalue weighted by Gasteiger charge is -2.32. The molecule has 200 valence electrons. The lowest BCUT2D eigenvalue weighted by molar-refractivity contribution is -0.0979. The molecule has 1 aromatic heterocycles. The molecule has 37 heavy (non-hydrogen) atoms. The molecule has 1 fully saturated rings. The first-order chi connectivity index (χ1) is 17.9. The summed E-state index contributed by atoms with van der Waals surface area (Å²) in [6.45, 7) is 15.7. The van der Waals surface area contributed by atoms with Crippen molar-refractivity contribution in [2.75, 3.05) is 25.0 Å². The standard InChI is InChI=1S/C24H28ClFN4.C3H4.C2H6.CH2O/c1-3-8-30-9-6-17(7-10-30)12-18-13-20-23(11-16(18)2)27-15-28-24(20)29-19-4-5-22(26)21(25)14-19;1-3-2;2*1-2/h4-5,11,13-15,17H,3,6-10,12H2,1-2H3,(H,27,28,29);1H,2H3;1-2H3;1H2. The van der Waals surface area contributed by atoms with Gasteiger partial charge >= 0.3 is 0 Å². The Balaban J connectivity index is 0.000000894. The van der Waals surface area contributed by atoms with Crippen LogP contribution in [0.15, 0.2) is 36.7 Å². The van der Waals surface area contributed by atoms with Crippen molar-refractivity contribution in [3.63, 3.8) is 0 Å². The normalized spacial score (nSPS) is 13.1. The second-order valence-electron chi connectivity index (χ2n) is 8.55. The van der Waals surface area contributed by atoms with Gasteiger partial charge in [0, 0.05) is 11.1 Å². The molecule has 1 aliphatic rings. The topological polar surface area (TPSA) is 58.1 Å². The van der Waals surface area contributed by atoms with Crippen LogP contribution in [0.5, 0.6) is 0 Å². The van der Waals surface area contributed by atoms with E-state index in [0.29, 0.717) is 17.4 Å². The largest absolute Gasteiger partial charge is 0.340 e. The molecule has 0 saturated carbocycles. The second kappa shape index (κ2) is 17.4. The number of nitrogens with zero attached hydrogens (tertiary/aromatic N) is 3. The molecule has 0 radical (unpaired) electrons. The number of carbonyl (C=O) groups is 1. The van der Waals surface area contributed by atoms with E-state index >= 15 is 0 Å². The summed E-state index contributed by atoms with van der Waals surface area (Å²) in [6.07, 6.45) is 11.0. The van der Waals surface area contributed by atoms with E-state index in [-0.39, 0.29) is 5.02 Å². The van der Waals surface area contributed by atoms with Crippen molar-refractivity contribution in [2.24, 2.45) is 5.92 Å². The van der Waals surface area contributed by atoms with Gasteiger partial charge in [0.15, 0.2) is 0 Å². The lowest BCUT2D eigenvalue weighted by Crippen LogP contribution is -2.34. The van der Waals surface area contributed by atoms with E-state index in [1.165, 1.54) is 56.1 Å². The van der Waals surface area contributed by atoms with Crippen LogP contribution in [0.4, 0.5) is 15.9 Å². The Hall–Kier alpha value is -3.01. The molecule has 1 saturated heterocycles. The van der Waals surface area contributed by atoms with Gasteiger partial charge in [0.25, 0.3) is 0 Å². The van der Waals surface area contributed by atoms with Crippen LogP contribution >= 0.6 is 11.6 Å². The number of rotatable bonds is 6. The molecule has 5 nitrogen and oxygen atoms in total. The van der Waals surface area contributed by atoms with Crippen molar-refractivity contribution in [2.45, 2.75) is 60.3 Å². The van der Waals surface area contributed by atoms with Gasteiger partial charge in [-0.2, -0.15) is 0 Å². The molecule has 0 aliphatic carbocycles. The highest BCUT2D eigenvalue weighted by Gasteiger charge is 2.20. The quantitative estimate of drug-likeness (QED) is 0.335. The predicted molar refractivity (Wildman–Crippen MR) is 155 cm³/mol. The second-order valence-corrected chi connectivity index (χ2v) is 8.96. The number of anilines is 2. The number of piperidine rings is 1. The predicted octanol–water partition coefficient (Wildman–Crippen LogP) is 7.62. The molecule has 0 unspecified atom stereocenters. The maximum absolute atomic E-state index is 13.5. The van der Waals surface area contributed by atoms with E-state index in [2.05, 4.69) is 58.5 Å². The number of fused-ring (bicyclic) bond motifs is 1. The Morgan fingerprint density at radius 1 is 1.19 bits per heavy atom. The number of carbonyl (C=O) groups excluding carboxylic acids is 1. The molecule has 3 aromatic rings. The number of benzene rings is 2. The number of halogens is 2. The summed E-state index contributed by atoms with van der Waals surface area (Å²) in [7, 11) is 0. The van der Waals surface area contributed by atoms with Crippen molar-refractivity contribution in [3.8, 4) is 12.3 Å². The first kappa shape index (κ1) is 32.0. The van der Waals surface area contributed by atoms with Gasteiger partial charge in [0.1, 0.15) is 24.8 Å². The number of nitrogens with one attached hydrogen (secondary N) is 1. The van der Waals surface area contributed by atoms with Crippen molar-refractivity contribution < 1.29 is 9.18 Å². The SMILES string of the molecule is C#CC.C=O.CC.CCCN1CCC(Cc2cc3c(Nc4ccc(F)c(Cl)c4)ncnc3cc2C)CC1. The first-order valence-electron chi connectivity index (χ1n) is 12.8. The van der Waals surface area contributed by atoms with Crippen molar-refractivity contribution in [1.82, 2.24) is 14.9 Å². The Kier molecular flexibility index (Phi) is 15.1. The van der Waals surface area contributed by atoms with Gasteiger partial charge < -0.3 is 15.0 Å². The third-order valence-corrected chi connectivity index (χ3v) is 6.32. The molecule has 1 N–H and O–H groups in total. The highest BCUT2D eigenvalue weighted by atomic mass is 35.5. The van der Waals surface area contributed by atoms with Gasteiger partial charge in [-0.3, -0.25) is 0 Å². The fourth-order valence-electron chi connectivity index (χ4n) is 4.32. The minimum atomic E-state index is -0.433. The average Bonchev–Trinajstić information content (AvgIpc) is 2.91. The van der Waals surface area contributed by atoms with Crippen LogP contribution in [-0.4, -0.2) is 41.3 Å². The molecule has 0 bridgehead atoms. The van der Waals surface area contributed by atoms with Gasteiger partial charge in [-0.05, 0) is 107 Å². The molecule has 0 spiro atoms. The maximum Gasteiger partial charge on any atom is 0.141 e. The minimum Gasteiger partial charge on any atom is -0.340 e. The first-order valence-corrected chi connectivity index (χ1v) is 13.2. The third-order valence-electron chi connectivity index (χ3n) is 6.03.